The number of ether oxygens (including phenoxy) is 1. The van der Waals surface area contributed by atoms with E-state index in [4.69, 9.17) is 9.72 Å². The summed E-state index contributed by atoms with van der Waals surface area (Å²) >= 11 is 3.68. The van der Waals surface area contributed by atoms with Gasteiger partial charge in [-0.05, 0) is 78.1 Å². The maximum Gasteiger partial charge on any atom is 0.229 e. The average molecular weight is 729 g/mol. The molecule has 2 saturated heterocycles. The molecule has 0 unspecified atom stereocenters. The molecule has 2 aliphatic rings. The number of piperazine rings is 1. The van der Waals surface area contributed by atoms with Gasteiger partial charge in [0.2, 0.25) is 5.95 Å². The van der Waals surface area contributed by atoms with Gasteiger partial charge in [0, 0.05) is 85.5 Å². The summed E-state index contributed by atoms with van der Waals surface area (Å²) in [6.45, 7) is 10.8. The Morgan fingerprint density at radius 2 is 1.75 bits per heavy atom. The molecule has 3 N–H and O–H groups in total. The van der Waals surface area contributed by atoms with Gasteiger partial charge in [-0.2, -0.15) is 10.1 Å². The van der Waals surface area contributed by atoms with Gasteiger partial charge in [0.15, 0.2) is 0 Å². The molecule has 5 aromatic rings. The fraction of sp³-hybridized carbons (Fsp3) is 0.361. The van der Waals surface area contributed by atoms with Crippen molar-refractivity contribution in [3.63, 3.8) is 0 Å². The number of methoxy groups -OCH3 is 1. The number of nitrogens with one attached hydrogen (secondary N) is 3. The van der Waals surface area contributed by atoms with Gasteiger partial charge in [-0.1, -0.05) is 38.3 Å². The number of fused-ring (bicyclic) bond motifs is 1. The van der Waals surface area contributed by atoms with Crippen LogP contribution in [-0.2, 0) is 7.05 Å². The lowest BCUT2D eigenvalue weighted by Gasteiger charge is -2.42. The number of nitrogens with zero attached hydrogens (tertiary/aromatic N) is 6. The zero-order valence-corrected chi connectivity index (χ0v) is 30.5. The van der Waals surface area contributed by atoms with Crippen LogP contribution in [0.25, 0.3) is 21.9 Å². The van der Waals surface area contributed by atoms with Gasteiger partial charge in [0.25, 0.3) is 0 Å². The summed E-state index contributed by atoms with van der Waals surface area (Å²) < 4.78 is 8.62. The lowest BCUT2D eigenvalue weighted by atomic mass is 10.0. The third-order valence-electron chi connectivity index (χ3n) is 9.41. The van der Waals surface area contributed by atoms with Crippen molar-refractivity contribution in [3.8, 4) is 16.9 Å². The van der Waals surface area contributed by atoms with E-state index in [9.17, 15) is 0 Å². The molecule has 0 spiro atoms. The van der Waals surface area contributed by atoms with Crippen LogP contribution in [0.15, 0.2) is 71.6 Å². The van der Waals surface area contributed by atoms with Crippen molar-refractivity contribution >= 4 is 68.8 Å². The number of anilines is 5. The fourth-order valence-corrected chi connectivity index (χ4v) is 8.58. The van der Waals surface area contributed by atoms with Crippen LogP contribution in [0.2, 0.25) is 0 Å². The maximum atomic E-state index is 5.99. The number of aryl methyl sites for hydroxylation is 1. The zero-order valence-electron chi connectivity index (χ0n) is 28.0. The summed E-state index contributed by atoms with van der Waals surface area (Å²) in [5.41, 5.74) is 5.14. The van der Waals surface area contributed by atoms with Gasteiger partial charge in [0.05, 0.1) is 23.5 Å². The molecule has 3 aromatic carbocycles. The second-order valence-electron chi connectivity index (χ2n) is 12.7. The first-order valence-electron chi connectivity index (χ1n) is 16.5. The second-order valence-corrected chi connectivity index (χ2v) is 15.8. The lowest BCUT2D eigenvalue weighted by Crippen LogP contribution is -2.52. The van der Waals surface area contributed by atoms with Crippen LogP contribution in [0.1, 0.15) is 12.8 Å². The molecule has 2 aromatic heterocycles. The number of halogens is 1. The third-order valence-corrected chi connectivity index (χ3v) is 11.4. The van der Waals surface area contributed by atoms with Crippen LogP contribution in [0.3, 0.4) is 0 Å². The number of rotatable bonds is 9. The smallest absolute Gasteiger partial charge is 0.229 e. The molecule has 250 valence electrons. The van der Waals surface area contributed by atoms with E-state index in [2.05, 4.69) is 120 Å². The van der Waals surface area contributed by atoms with Crippen LogP contribution in [-0.4, -0.2) is 90.4 Å². The number of aromatic nitrogens is 4. The molecule has 0 bridgehead atoms. The van der Waals surface area contributed by atoms with Crippen molar-refractivity contribution < 1.29 is 4.74 Å². The van der Waals surface area contributed by atoms with Gasteiger partial charge in [-0.3, -0.25) is 9.58 Å². The first-order chi connectivity index (χ1) is 23.4. The summed E-state index contributed by atoms with van der Waals surface area (Å²) in [6.07, 6.45) is 8.23. The predicted molar refractivity (Wildman–Crippen MR) is 204 cm³/mol. The van der Waals surface area contributed by atoms with E-state index in [0.717, 1.165) is 77.7 Å². The van der Waals surface area contributed by atoms with Crippen LogP contribution in [0.5, 0.6) is 5.75 Å². The molecule has 2 fully saturated rings. The molecule has 7 rings (SSSR count). The van der Waals surface area contributed by atoms with Crippen LogP contribution in [0.4, 0.5) is 28.8 Å². The van der Waals surface area contributed by atoms with Gasteiger partial charge in [-0.25, -0.2) is 4.98 Å². The number of benzene rings is 3. The summed E-state index contributed by atoms with van der Waals surface area (Å²) in [7, 11) is 3.28. The van der Waals surface area contributed by atoms with E-state index in [1.165, 1.54) is 28.9 Å². The van der Waals surface area contributed by atoms with Gasteiger partial charge < -0.3 is 25.6 Å². The number of piperidine rings is 1. The highest BCUT2D eigenvalue weighted by molar-refractivity contribution is 9.10. The molecular weight excluding hydrogens is 685 g/mol. The van der Waals surface area contributed by atoms with Crippen LogP contribution >= 0.6 is 23.9 Å². The van der Waals surface area contributed by atoms with E-state index in [-0.39, 0.29) is 7.92 Å². The first kappa shape index (κ1) is 32.8. The molecule has 12 heteroatoms. The van der Waals surface area contributed by atoms with Crippen molar-refractivity contribution in [1.82, 2.24) is 30.0 Å². The van der Waals surface area contributed by atoms with Crippen molar-refractivity contribution in [2.75, 3.05) is 75.2 Å². The molecule has 0 amide bonds. The summed E-state index contributed by atoms with van der Waals surface area (Å²) in [6, 6.07) is 17.8. The van der Waals surface area contributed by atoms with Crippen molar-refractivity contribution in [1.29, 1.82) is 0 Å². The van der Waals surface area contributed by atoms with Crippen molar-refractivity contribution in [2.24, 2.45) is 7.05 Å². The van der Waals surface area contributed by atoms with Crippen molar-refractivity contribution in [3.05, 3.63) is 71.6 Å². The van der Waals surface area contributed by atoms with Crippen LogP contribution in [0, 0.1) is 0 Å². The molecule has 0 aliphatic carbocycles. The minimum absolute atomic E-state index is 0.385. The molecule has 0 saturated carbocycles. The van der Waals surface area contributed by atoms with Crippen LogP contribution < -0.4 is 30.9 Å². The Bertz CT molecular complexity index is 1900. The van der Waals surface area contributed by atoms with E-state index in [1.807, 2.05) is 17.9 Å². The minimum Gasteiger partial charge on any atom is -0.494 e. The maximum absolute atomic E-state index is 5.99. The molecule has 4 heterocycles. The lowest BCUT2D eigenvalue weighted by molar-refractivity contribution is 0.153. The zero-order chi connectivity index (χ0) is 33.2. The van der Waals surface area contributed by atoms with E-state index < -0.39 is 0 Å². The van der Waals surface area contributed by atoms with E-state index in [1.54, 1.807) is 13.3 Å². The highest BCUT2D eigenvalue weighted by atomic mass is 79.9. The topological polar surface area (TPSA) is 95.4 Å². The molecule has 0 radical (unpaired) electrons. The van der Waals surface area contributed by atoms with Crippen molar-refractivity contribution in [2.45, 2.75) is 18.9 Å². The Kier molecular flexibility index (Phi) is 9.82. The predicted octanol–water partition coefficient (Wildman–Crippen LogP) is 6.53. The summed E-state index contributed by atoms with van der Waals surface area (Å²) in [5.74, 6) is 1.89. The third kappa shape index (κ3) is 6.87. The highest BCUT2D eigenvalue weighted by Gasteiger charge is 2.27. The summed E-state index contributed by atoms with van der Waals surface area (Å²) in [4.78, 5) is 14.7. The Morgan fingerprint density at radius 3 is 2.48 bits per heavy atom. The Labute approximate surface area is 292 Å². The summed E-state index contributed by atoms with van der Waals surface area (Å²) in [5, 5.41) is 18.9. The largest absolute Gasteiger partial charge is 0.494 e. The minimum atomic E-state index is -0.385. The van der Waals surface area contributed by atoms with Gasteiger partial charge in [0.1, 0.15) is 11.6 Å². The van der Waals surface area contributed by atoms with Gasteiger partial charge in [-0.15, -0.1) is 0 Å². The van der Waals surface area contributed by atoms with Gasteiger partial charge >= 0.3 is 0 Å². The standard InChI is InChI=1S/C36H43BrN9OP/c1-44-23-25(21-40-44)28-19-31(33(47-2)20-32(28)46-17-15-45(16-18-46)26-11-13-38-14-12-26)42-36-39-22-29(37)35(43-36)41-30-10-9-24-7-5-6-8-27(24)34(30)48(3)4/h5-10,19-23,26,38H,11-18H2,1-4H3,(H2,39,41,42,43). The van der Waals surface area contributed by atoms with E-state index in [0.29, 0.717) is 17.8 Å². The molecular formula is C36H43BrN9OP. The Morgan fingerprint density at radius 1 is 0.958 bits per heavy atom. The average Bonchev–Trinajstić information content (AvgIpc) is 3.55. The number of hydrogen-bond donors (Lipinski definition) is 3. The molecule has 0 atom stereocenters. The fourth-order valence-electron chi connectivity index (χ4n) is 6.99. The Hall–Kier alpha value is -3.76. The van der Waals surface area contributed by atoms with E-state index >= 15 is 0 Å². The monoisotopic (exact) mass is 727 g/mol. The Balaban J connectivity index is 1.19. The molecule has 10 nitrogen and oxygen atoms in total. The molecule has 48 heavy (non-hydrogen) atoms. The quantitative estimate of drug-likeness (QED) is 0.147. The number of hydrogen-bond acceptors (Lipinski definition) is 9. The normalized spacial score (nSPS) is 16.1. The highest BCUT2D eigenvalue weighted by Crippen LogP contribution is 2.41. The SMILES string of the molecule is COc1cc(N2CCN(C3CCNCC3)CC2)c(-c2cnn(C)c2)cc1Nc1ncc(Br)c(Nc2ccc3ccccc3c2P(C)C)n1. The molecule has 2 aliphatic heterocycles. The second kappa shape index (κ2) is 14.4. The first-order valence-corrected chi connectivity index (χ1v) is 19.6.